The Balaban J connectivity index is 3.94. The van der Waals surface area contributed by atoms with Gasteiger partial charge in [-0.3, -0.25) is 9.05 Å². The lowest BCUT2D eigenvalue weighted by atomic mass is 10.4. The molecule has 8 nitrogen and oxygen atoms in total. The van der Waals surface area contributed by atoms with Gasteiger partial charge in [-0.2, -0.15) is 0 Å². The minimum absolute atomic E-state index is 0.0342. The normalized spacial score (nSPS) is 17.0. The van der Waals surface area contributed by atoms with Crippen LogP contribution >= 0.6 is 7.82 Å². The molecule has 0 bridgehead atoms. The first kappa shape index (κ1) is 16.0. The standard InChI is InChI=1S/C7H17O8P/c1-2-14-16(10,11)15-4-7(13-6-9)3-12-5-8/h7-9H,2-6H2,1H3,(H,10,11). The van der Waals surface area contributed by atoms with Gasteiger partial charge in [-0.25, -0.2) is 4.57 Å². The van der Waals surface area contributed by atoms with Crippen LogP contribution in [-0.4, -0.2) is 54.6 Å². The molecule has 0 saturated heterocycles. The summed E-state index contributed by atoms with van der Waals surface area (Å²) in [6, 6.07) is 0. The minimum atomic E-state index is -4.08. The van der Waals surface area contributed by atoms with Crippen LogP contribution in [0.15, 0.2) is 0 Å². The van der Waals surface area contributed by atoms with Gasteiger partial charge < -0.3 is 24.6 Å². The van der Waals surface area contributed by atoms with E-state index in [4.69, 9.17) is 19.8 Å². The van der Waals surface area contributed by atoms with Crippen molar-refractivity contribution in [3.63, 3.8) is 0 Å². The molecule has 0 aromatic carbocycles. The quantitative estimate of drug-likeness (QED) is 0.354. The molecule has 0 saturated carbocycles. The Morgan fingerprint density at radius 1 is 1.19 bits per heavy atom. The molecular weight excluding hydrogens is 243 g/mol. The molecule has 3 N–H and O–H groups in total. The van der Waals surface area contributed by atoms with Crippen LogP contribution in [0.5, 0.6) is 0 Å². The van der Waals surface area contributed by atoms with Gasteiger partial charge in [-0.05, 0) is 6.92 Å². The number of rotatable bonds is 10. The molecule has 0 fully saturated rings. The smallest absolute Gasteiger partial charge is 0.371 e. The van der Waals surface area contributed by atoms with Crippen LogP contribution in [0.2, 0.25) is 0 Å². The summed E-state index contributed by atoms with van der Waals surface area (Å²) in [7, 11) is -4.08. The molecule has 0 aliphatic rings. The fourth-order valence-electron chi connectivity index (χ4n) is 0.812. The summed E-state index contributed by atoms with van der Waals surface area (Å²) in [5.41, 5.74) is 0. The van der Waals surface area contributed by atoms with Crippen molar-refractivity contribution >= 4 is 7.82 Å². The second kappa shape index (κ2) is 9.03. The Morgan fingerprint density at radius 2 is 1.88 bits per heavy atom. The van der Waals surface area contributed by atoms with E-state index in [1.807, 2.05) is 0 Å². The van der Waals surface area contributed by atoms with Gasteiger partial charge in [0.25, 0.3) is 0 Å². The average Bonchev–Trinajstić information content (AvgIpc) is 2.22. The molecule has 0 aromatic rings. The molecule has 98 valence electrons. The number of phosphoric acid groups is 1. The molecule has 2 atom stereocenters. The number of hydrogen-bond acceptors (Lipinski definition) is 7. The Bertz CT molecular complexity index is 211. The summed E-state index contributed by atoms with van der Waals surface area (Å²) in [5.74, 6) is 0. The zero-order valence-electron chi connectivity index (χ0n) is 8.94. The number of phosphoric ester groups is 1. The van der Waals surface area contributed by atoms with Crippen molar-refractivity contribution in [1.29, 1.82) is 0 Å². The van der Waals surface area contributed by atoms with E-state index in [1.165, 1.54) is 0 Å². The van der Waals surface area contributed by atoms with Crippen LogP contribution in [-0.2, 0) is 23.1 Å². The molecule has 0 spiro atoms. The second-order valence-corrected chi connectivity index (χ2v) is 4.05. The van der Waals surface area contributed by atoms with Crippen LogP contribution in [0.25, 0.3) is 0 Å². The van der Waals surface area contributed by atoms with E-state index >= 15 is 0 Å². The molecule has 0 rings (SSSR count). The predicted molar refractivity (Wildman–Crippen MR) is 52.4 cm³/mol. The zero-order chi connectivity index (χ0) is 12.4. The molecule has 0 heterocycles. The van der Waals surface area contributed by atoms with Crippen molar-refractivity contribution in [2.75, 3.05) is 33.4 Å². The Labute approximate surface area is 93.3 Å². The summed E-state index contributed by atoms with van der Waals surface area (Å²) in [4.78, 5) is 9.06. The fourth-order valence-corrected chi connectivity index (χ4v) is 1.57. The molecule has 0 aliphatic heterocycles. The molecule has 16 heavy (non-hydrogen) atoms. The molecule has 0 aliphatic carbocycles. The zero-order valence-corrected chi connectivity index (χ0v) is 9.84. The first-order chi connectivity index (χ1) is 7.55. The third-order valence-electron chi connectivity index (χ3n) is 1.42. The second-order valence-electron chi connectivity index (χ2n) is 2.60. The van der Waals surface area contributed by atoms with Crippen molar-refractivity contribution in [2.24, 2.45) is 0 Å². The highest BCUT2D eigenvalue weighted by molar-refractivity contribution is 7.47. The summed E-state index contributed by atoms with van der Waals surface area (Å²) in [6.07, 6.45) is -0.766. The summed E-state index contributed by atoms with van der Waals surface area (Å²) in [6.45, 7) is 0.0908. The van der Waals surface area contributed by atoms with Gasteiger partial charge in [0.2, 0.25) is 0 Å². The summed E-state index contributed by atoms with van der Waals surface area (Å²) >= 11 is 0. The van der Waals surface area contributed by atoms with Gasteiger partial charge in [0.15, 0.2) is 0 Å². The molecule has 0 aromatic heterocycles. The molecular formula is C7H17O8P. The van der Waals surface area contributed by atoms with Crippen molar-refractivity contribution in [3.05, 3.63) is 0 Å². The first-order valence-electron chi connectivity index (χ1n) is 4.58. The van der Waals surface area contributed by atoms with Gasteiger partial charge in [0.1, 0.15) is 19.7 Å². The van der Waals surface area contributed by atoms with Gasteiger partial charge >= 0.3 is 7.82 Å². The largest absolute Gasteiger partial charge is 0.472 e. The topological polar surface area (TPSA) is 115 Å². The van der Waals surface area contributed by atoms with Crippen molar-refractivity contribution < 1.29 is 38.2 Å². The third-order valence-corrected chi connectivity index (χ3v) is 2.48. The van der Waals surface area contributed by atoms with Crippen LogP contribution in [0.1, 0.15) is 6.92 Å². The fraction of sp³-hybridized carbons (Fsp3) is 1.00. The van der Waals surface area contributed by atoms with Crippen LogP contribution < -0.4 is 0 Å². The lowest BCUT2D eigenvalue weighted by Crippen LogP contribution is -2.26. The lowest BCUT2D eigenvalue weighted by molar-refractivity contribution is -0.116. The summed E-state index contributed by atoms with van der Waals surface area (Å²) < 4.78 is 29.4. The average molecular weight is 260 g/mol. The highest BCUT2D eigenvalue weighted by Crippen LogP contribution is 2.42. The third kappa shape index (κ3) is 8.14. The maximum absolute atomic E-state index is 11.1. The van der Waals surface area contributed by atoms with Crippen LogP contribution in [0.3, 0.4) is 0 Å². The Kier molecular flexibility index (Phi) is 9.00. The van der Waals surface area contributed by atoms with E-state index in [9.17, 15) is 4.57 Å². The van der Waals surface area contributed by atoms with E-state index in [0.717, 1.165) is 0 Å². The molecule has 2 unspecified atom stereocenters. The van der Waals surface area contributed by atoms with E-state index in [2.05, 4.69) is 13.8 Å². The Morgan fingerprint density at radius 3 is 2.38 bits per heavy atom. The SMILES string of the molecule is CCOP(=O)(O)OCC(COCO)OCO. The number of aliphatic hydroxyl groups excluding tert-OH is 2. The minimum Gasteiger partial charge on any atom is -0.371 e. The maximum atomic E-state index is 11.1. The molecule has 9 heteroatoms. The molecule has 0 amide bonds. The number of hydrogen-bond donors (Lipinski definition) is 3. The maximum Gasteiger partial charge on any atom is 0.472 e. The van der Waals surface area contributed by atoms with E-state index in [0.29, 0.717) is 0 Å². The Hall–Kier alpha value is -0.0500. The highest BCUT2D eigenvalue weighted by atomic mass is 31.2. The van der Waals surface area contributed by atoms with Crippen LogP contribution in [0.4, 0.5) is 0 Å². The number of aliphatic hydroxyl groups is 2. The van der Waals surface area contributed by atoms with E-state index < -0.39 is 27.5 Å². The molecule has 0 radical (unpaired) electrons. The van der Waals surface area contributed by atoms with Gasteiger partial charge in [0.05, 0.1) is 19.8 Å². The number of ether oxygens (including phenoxy) is 2. The lowest BCUT2D eigenvalue weighted by Gasteiger charge is -2.17. The van der Waals surface area contributed by atoms with Crippen molar-refractivity contribution in [3.8, 4) is 0 Å². The first-order valence-corrected chi connectivity index (χ1v) is 6.08. The summed E-state index contributed by atoms with van der Waals surface area (Å²) in [5, 5.41) is 16.9. The van der Waals surface area contributed by atoms with E-state index in [1.54, 1.807) is 6.92 Å². The van der Waals surface area contributed by atoms with Gasteiger partial charge in [0, 0.05) is 0 Å². The monoisotopic (exact) mass is 260 g/mol. The van der Waals surface area contributed by atoms with Gasteiger partial charge in [-0.1, -0.05) is 0 Å². The van der Waals surface area contributed by atoms with Gasteiger partial charge in [-0.15, -0.1) is 0 Å². The van der Waals surface area contributed by atoms with Crippen LogP contribution in [0, 0.1) is 0 Å². The predicted octanol–water partition coefficient (Wildman–Crippen LogP) is -0.559. The van der Waals surface area contributed by atoms with Crippen molar-refractivity contribution in [2.45, 2.75) is 13.0 Å². The van der Waals surface area contributed by atoms with Crippen molar-refractivity contribution in [1.82, 2.24) is 0 Å². The highest BCUT2D eigenvalue weighted by Gasteiger charge is 2.22. The van der Waals surface area contributed by atoms with E-state index in [-0.39, 0.29) is 19.8 Å².